The molecule has 8 nitrogen and oxygen atoms in total. The zero-order valence-corrected chi connectivity index (χ0v) is 23.0. The van der Waals surface area contributed by atoms with Crippen LogP contribution in [0.1, 0.15) is 49.8 Å². The first-order valence-electron chi connectivity index (χ1n) is 12.3. The van der Waals surface area contributed by atoms with Gasteiger partial charge in [0, 0.05) is 26.1 Å². The molecule has 0 radical (unpaired) electrons. The molecular weight excluding hydrogens is 478 g/mol. The van der Waals surface area contributed by atoms with Gasteiger partial charge in [0.2, 0.25) is 21.8 Å². The molecule has 0 aromatic heterocycles. The molecule has 0 saturated heterocycles. The van der Waals surface area contributed by atoms with Crippen LogP contribution in [0.25, 0.3) is 0 Å². The molecule has 0 saturated carbocycles. The first-order chi connectivity index (χ1) is 17.0. The second-order valence-electron chi connectivity index (χ2n) is 8.92. The number of likely N-dealkylation sites (N-methyl/N-ethyl adjacent to an activating group) is 1. The smallest absolute Gasteiger partial charge is 0.242 e. The summed E-state index contributed by atoms with van der Waals surface area (Å²) in [6.45, 7) is 8.37. The molecule has 2 amide bonds. The maximum Gasteiger partial charge on any atom is 0.242 e. The third-order valence-electron chi connectivity index (χ3n) is 6.01. The molecule has 0 aliphatic rings. The molecule has 0 aliphatic carbocycles. The molecule has 1 atom stereocenters. The molecule has 0 aliphatic heterocycles. The fourth-order valence-electron chi connectivity index (χ4n) is 4.15. The lowest BCUT2D eigenvalue weighted by Gasteiger charge is -2.31. The van der Waals surface area contributed by atoms with Crippen molar-refractivity contribution in [2.24, 2.45) is 0 Å². The Morgan fingerprint density at radius 1 is 1.08 bits per heavy atom. The molecule has 9 heteroatoms. The van der Waals surface area contributed by atoms with Crippen LogP contribution in [0.3, 0.4) is 0 Å². The van der Waals surface area contributed by atoms with Crippen molar-refractivity contribution >= 4 is 27.5 Å². The van der Waals surface area contributed by atoms with Crippen molar-refractivity contribution in [2.75, 3.05) is 30.8 Å². The lowest BCUT2D eigenvalue weighted by atomic mass is 10.1. The van der Waals surface area contributed by atoms with Crippen molar-refractivity contribution < 1.29 is 22.7 Å². The van der Waals surface area contributed by atoms with Gasteiger partial charge in [0.25, 0.3) is 0 Å². The molecule has 2 aromatic carbocycles. The second kappa shape index (κ2) is 13.3. The van der Waals surface area contributed by atoms with Gasteiger partial charge in [-0.2, -0.15) is 0 Å². The standard InChI is InChI=1S/C27H39N3O5S/c1-7-24(27(32)28-8-2)29(19-22-11-9-12-23(18-22)35-5)26(31)13-10-16-30(36(6,33)34)25-17-20(3)14-15-21(25)4/h9,11-12,14-15,17-18,24H,7-8,10,13,16,19H2,1-6H3,(H,28,32). The Hall–Kier alpha value is -3.07. The van der Waals surface area contributed by atoms with E-state index in [1.807, 2.05) is 70.2 Å². The van der Waals surface area contributed by atoms with Gasteiger partial charge in [-0.1, -0.05) is 31.2 Å². The lowest BCUT2D eigenvalue weighted by molar-refractivity contribution is -0.141. The lowest BCUT2D eigenvalue weighted by Crippen LogP contribution is -2.49. The van der Waals surface area contributed by atoms with Crippen LogP contribution in [0.5, 0.6) is 5.75 Å². The zero-order chi connectivity index (χ0) is 26.9. The highest BCUT2D eigenvalue weighted by Crippen LogP contribution is 2.25. The number of anilines is 1. The molecule has 36 heavy (non-hydrogen) atoms. The van der Waals surface area contributed by atoms with Gasteiger partial charge in [-0.25, -0.2) is 8.42 Å². The van der Waals surface area contributed by atoms with Crippen LogP contribution < -0.4 is 14.4 Å². The SMILES string of the molecule is CCNC(=O)C(CC)N(Cc1cccc(OC)c1)C(=O)CCCN(c1cc(C)ccc1C)S(C)(=O)=O. The maximum atomic E-state index is 13.4. The van der Waals surface area contributed by atoms with Crippen LogP contribution in [0.4, 0.5) is 5.69 Å². The van der Waals surface area contributed by atoms with Crippen molar-refractivity contribution in [3.05, 3.63) is 59.2 Å². The quantitative estimate of drug-likeness (QED) is 0.436. The summed E-state index contributed by atoms with van der Waals surface area (Å²) >= 11 is 0. The van der Waals surface area contributed by atoms with Crippen LogP contribution in [-0.4, -0.2) is 57.6 Å². The maximum absolute atomic E-state index is 13.4. The average molecular weight is 518 g/mol. The highest BCUT2D eigenvalue weighted by Gasteiger charge is 2.28. The Kier molecular flexibility index (Phi) is 10.8. The predicted molar refractivity (Wildman–Crippen MR) is 144 cm³/mol. The van der Waals surface area contributed by atoms with Crippen LogP contribution in [0, 0.1) is 13.8 Å². The summed E-state index contributed by atoms with van der Waals surface area (Å²) in [5, 5.41) is 2.82. The number of aryl methyl sites for hydroxylation is 2. The van der Waals surface area contributed by atoms with Gasteiger partial charge in [0.05, 0.1) is 19.1 Å². The molecule has 0 heterocycles. The molecular formula is C27H39N3O5S. The number of carbonyl (C=O) groups excluding carboxylic acids is 2. The van der Waals surface area contributed by atoms with Gasteiger partial charge in [0.15, 0.2) is 0 Å². The van der Waals surface area contributed by atoms with Crippen LogP contribution >= 0.6 is 0 Å². The van der Waals surface area contributed by atoms with Crippen LogP contribution in [-0.2, 0) is 26.2 Å². The average Bonchev–Trinajstić information content (AvgIpc) is 2.83. The second-order valence-corrected chi connectivity index (χ2v) is 10.8. The third-order valence-corrected chi connectivity index (χ3v) is 7.19. The van der Waals surface area contributed by atoms with Crippen molar-refractivity contribution in [1.82, 2.24) is 10.2 Å². The Labute approximate surface area is 215 Å². The molecule has 1 N–H and O–H groups in total. The number of methoxy groups -OCH3 is 1. The van der Waals surface area contributed by atoms with Gasteiger partial charge in [-0.15, -0.1) is 0 Å². The van der Waals surface area contributed by atoms with Crippen molar-refractivity contribution in [3.63, 3.8) is 0 Å². The molecule has 1 unspecified atom stereocenters. The number of nitrogens with one attached hydrogen (secondary N) is 1. The number of sulfonamides is 1. The first kappa shape index (κ1) is 29.2. The fraction of sp³-hybridized carbons (Fsp3) is 0.481. The number of carbonyl (C=O) groups is 2. The zero-order valence-electron chi connectivity index (χ0n) is 22.2. The van der Waals surface area contributed by atoms with Crippen molar-refractivity contribution in [3.8, 4) is 5.75 Å². The monoisotopic (exact) mass is 517 g/mol. The molecule has 0 bridgehead atoms. The summed E-state index contributed by atoms with van der Waals surface area (Å²) in [6, 6.07) is 12.4. The number of benzene rings is 2. The molecule has 0 spiro atoms. The molecule has 2 rings (SSSR count). The van der Waals surface area contributed by atoms with E-state index in [0.717, 1.165) is 16.7 Å². The Balaban J connectivity index is 2.25. The van der Waals surface area contributed by atoms with Gasteiger partial charge in [0.1, 0.15) is 11.8 Å². The topological polar surface area (TPSA) is 96.0 Å². The van der Waals surface area contributed by atoms with E-state index in [1.54, 1.807) is 12.0 Å². The van der Waals surface area contributed by atoms with Crippen molar-refractivity contribution in [1.29, 1.82) is 0 Å². The van der Waals surface area contributed by atoms with E-state index in [-0.39, 0.29) is 31.3 Å². The molecule has 2 aromatic rings. The van der Waals surface area contributed by atoms with Crippen molar-refractivity contribution in [2.45, 2.75) is 59.5 Å². The van der Waals surface area contributed by atoms with E-state index in [9.17, 15) is 18.0 Å². The van der Waals surface area contributed by atoms with Gasteiger partial charge >= 0.3 is 0 Å². The minimum atomic E-state index is -3.54. The van der Waals surface area contributed by atoms with E-state index in [2.05, 4.69) is 5.32 Å². The minimum absolute atomic E-state index is 0.108. The number of hydrogen-bond donors (Lipinski definition) is 1. The Bertz CT molecular complexity index is 1150. The summed E-state index contributed by atoms with van der Waals surface area (Å²) in [6.07, 6.45) is 2.06. The summed E-state index contributed by atoms with van der Waals surface area (Å²) in [5.41, 5.74) is 3.27. The van der Waals surface area contributed by atoms with Gasteiger partial charge < -0.3 is 15.0 Å². The first-order valence-corrected chi connectivity index (χ1v) is 14.1. The van der Waals surface area contributed by atoms with E-state index < -0.39 is 16.1 Å². The van der Waals surface area contributed by atoms with Crippen LogP contribution in [0.2, 0.25) is 0 Å². The van der Waals surface area contributed by atoms with E-state index in [0.29, 0.717) is 30.8 Å². The van der Waals surface area contributed by atoms with E-state index in [4.69, 9.17) is 4.74 Å². The largest absolute Gasteiger partial charge is 0.497 e. The highest BCUT2D eigenvalue weighted by molar-refractivity contribution is 7.92. The summed E-state index contributed by atoms with van der Waals surface area (Å²) in [5.74, 6) is 0.262. The van der Waals surface area contributed by atoms with E-state index in [1.165, 1.54) is 10.6 Å². The fourth-order valence-corrected chi connectivity index (χ4v) is 5.16. The Morgan fingerprint density at radius 3 is 2.42 bits per heavy atom. The summed E-state index contributed by atoms with van der Waals surface area (Å²) in [7, 11) is -1.96. The highest BCUT2D eigenvalue weighted by atomic mass is 32.2. The van der Waals surface area contributed by atoms with E-state index >= 15 is 0 Å². The Morgan fingerprint density at radius 2 is 1.81 bits per heavy atom. The molecule has 0 fully saturated rings. The number of amides is 2. The summed E-state index contributed by atoms with van der Waals surface area (Å²) < 4.78 is 31.8. The predicted octanol–water partition coefficient (Wildman–Crippen LogP) is 3.80. The minimum Gasteiger partial charge on any atom is -0.497 e. The third kappa shape index (κ3) is 7.98. The number of nitrogens with zero attached hydrogens (tertiary/aromatic N) is 2. The van der Waals surface area contributed by atoms with Crippen LogP contribution in [0.15, 0.2) is 42.5 Å². The number of ether oxygens (including phenoxy) is 1. The molecule has 198 valence electrons. The van der Waals surface area contributed by atoms with Gasteiger partial charge in [-0.3, -0.25) is 13.9 Å². The summed E-state index contributed by atoms with van der Waals surface area (Å²) in [4.78, 5) is 27.8. The van der Waals surface area contributed by atoms with Gasteiger partial charge in [-0.05, 0) is 68.5 Å². The normalized spacial score (nSPS) is 12.1. The number of rotatable bonds is 13. The number of hydrogen-bond acceptors (Lipinski definition) is 5.